The summed E-state index contributed by atoms with van der Waals surface area (Å²) in [4.78, 5) is 12.6. The fraction of sp³-hybridized carbons (Fsp3) is 0.857. The third-order valence-electron chi connectivity index (χ3n) is 1.65. The summed E-state index contributed by atoms with van der Waals surface area (Å²) in [5.41, 5.74) is -0.260. The zero-order valence-corrected chi connectivity index (χ0v) is 6.68. The molecule has 3 nitrogen and oxygen atoms in total. The monoisotopic (exact) mass is 143 g/mol. The summed E-state index contributed by atoms with van der Waals surface area (Å²) in [6.07, 6.45) is 0.490. The average molecular weight is 143 g/mol. The van der Waals surface area contributed by atoms with Crippen molar-refractivity contribution in [3.8, 4) is 0 Å². The topological polar surface area (TPSA) is 29.5 Å². The summed E-state index contributed by atoms with van der Waals surface area (Å²) in [5.74, 6) is 0.163. The summed E-state index contributed by atoms with van der Waals surface area (Å²) in [6, 6.07) is 0. The zero-order valence-electron chi connectivity index (χ0n) is 6.68. The van der Waals surface area contributed by atoms with Crippen LogP contribution in [0.5, 0.6) is 0 Å². The number of carbonyl (C=O) groups excluding carboxylic acids is 1. The van der Waals surface area contributed by atoms with Crippen molar-refractivity contribution in [3.05, 3.63) is 0 Å². The van der Waals surface area contributed by atoms with Gasteiger partial charge in [-0.3, -0.25) is 4.79 Å². The molecule has 0 aromatic rings. The van der Waals surface area contributed by atoms with Crippen LogP contribution in [0.3, 0.4) is 0 Å². The maximum Gasteiger partial charge on any atom is 0.227 e. The summed E-state index contributed by atoms with van der Waals surface area (Å²) in [7, 11) is 1.75. The third kappa shape index (κ3) is 1.48. The van der Waals surface area contributed by atoms with Gasteiger partial charge in [-0.2, -0.15) is 0 Å². The van der Waals surface area contributed by atoms with Crippen LogP contribution >= 0.6 is 0 Å². The van der Waals surface area contributed by atoms with Crippen LogP contribution in [0.4, 0.5) is 0 Å². The number of nitrogens with zero attached hydrogens (tertiary/aromatic N) is 1. The smallest absolute Gasteiger partial charge is 0.227 e. The van der Waals surface area contributed by atoms with Gasteiger partial charge in [0.25, 0.3) is 0 Å². The first kappa shape index (κ1) is 7.54. The molecule has 3 heteroatoms. The number of amides is 1. The van der Waals surface area contributed by atoms with Crippen molar-refractivity contribution in [2.75, 3.05) is 13.8 Å². The number of rotatable bonds is 0. The Bertz CT molecular complexity index is 154. The molecule has 1 aliphatic rings. The van der Waals surface area contributed by atoms with E-state index in [1.54, 1.807) is 11.9 Å². The van der Waals surface area contributed by atoms with Crippen molar-refractivity contribution in [2.24, 2.45) is 0 Å². The number of hydrogen-bond donors (Lipinski definition) is 0. The molecule has 0 aliphatic carbocycles. The molecule has 0 N–H and O–H groups in total. The Labute approximate surface area is 61.0 Å². The molecule has 1 fully saturated rings. The van der Waals surface area contributed by atoms with Crippen molar-refractivity contribution in [3.63, 3.8) is 0 Å². The Morgan fingerprint density at radius 2 is 2.20 bits per heavy atom. The van der Waals surface area contributed by atoms with E-state index in [9.17, 15) is 4.79 Å². The van der Waals surface area contributed by atoms with Gasteiger partial charge in [0.2, 0.25) is 5.91 Å². The fourth-order valence-electron chi connectivity index (χ4n) is 0.894. The summed E-state index contributed by atoms with van der Waals surface area (Å²) < 4.78 is 5.35. The third-order valence-corrected chi connectivity index (χ3v) is 1.65. The summed E-state index contributed by atoms with van der Waals surface area (Å²) in [5, 5.41) is 0. The normalized spacial score (nSPS) is 25.1. The second-order valence-corrected chi connectivity index (χ2v) is 3.30. The highest BCUT2D eigenvalue weighted by Crippen LogP contribution is 2.20. The van der Waals surface area contributed by atoms with Crippen LogP contribution in [0, 0.1) is 0 Å². The summed E-state index contributed by atoms with van der Waals surface area (Å²) in [6.45, 7) is 4.28. The van der Waals surface area contributed by atoms with Gasteiger partial charge in [0, 0.05) is 7.05 Å². The molecular weight excluding hydrogens is 130 g/mol. The molecule has 1 aliphatic heterocycles. The van der Waals surface area contributed by atoms with Crippen molar-refractivity contribution in [1.29, 1.82) is 0 Å². The van der Waals surface area contributed by atoms with Crippen molar-refractivity contribution < 1.29 is 9.53 Å². The van der Waals surface area contributed by atoms with E-state index in [4.69, 9.17) is 4.74 Å². The lowest BCUT2D eigenvalue weighted by molar-refractivity contribution is -0.162. The van der Waals surface area contributed by atoms with Crippen LogP contribution in [0.15, 0.2) is 0 Å². The second kappa shape index (κ2) is 2.23. The van der Waals surface area contributed by atoms with Crippen molar-refractivity contribution in [1.82, 2.24) is 4.90 Å². The molecule has 1 heterocycles. The second-order valence-electron chi connectivity index (χ2n) is 3.30. The molecule has 1 rings (SSSR count). The van der Waals surface area contributed by atoms with E-state index < -0.39 is 0 Å². The van der Waals surface area contributed by atoms with Crippen LogP contribution in [-0.2, 0) is 9.53 Å². The van der Waals surface area contributed by atoms with Gasteiger partial charge in [-0.1, -0.05) is 0 Å². The van der Waals surface area contributed by atoms with E-state index >= 15 is 0 Å². The lowest BCUT2D eigenvalue weighted by Gasteiger charge is -2.34. The van der Waals surface area contributed by atoms with Crippen LogP contribution in [0.25, 0.3) is 0 Å². The van der Waals surface area contributed by atoms with Gasteiger partial charge < -0.3 is 9.64 Å². The fourth-order valence-corrected chi connectivity index (χ4v) is 0.894. The molecule has 0 atom stereocenters. The Hall–Kier alpha value is -0.570. The van der Waals surface area contributed by atoms with Crippen LogP contribution in [0.1, 0.15) is 20.3 Å². The minimum atomic E-state index is -0.260. The van der Waals surface area contributed by atoms with Gasteiger partial charge in [0.1, 0.15) is 6.73 Å². The number of ether oxygens (including phenoxy) is 1. The molecule has 0 saturated carbocycles. The van der Waals surface area contributed by atoms with Gasteiger partial charge in [0.05, 0.1) is 12.0 Å². The van der Waals surface area contributed by atoms with Crippen LogP contribution in [0.2, 0.25) is 0 Å². The Balaban J connectivity index is 2.57. The first-order chi connectivity index (χ1) is 4.51. The number of hydrogen-bond acceptors (Lipinski definition) is 2. The van der Waals surface area contributed by atoms with Gasteiger partial charge in [-0.25, -0.2) is 0 Å². The van der Waals surface area contributed by atoms with Gasteiger partial charge >= 0.3 is 0 Å². The SMILES string of the molecule is CN1COC(C)(C)CC1=O. The minimum Gasteiger partial charge on any atom is -0.355 e. The van der Waals surface area contributed by atoms with Gasteiger partial charge in [-0.15, -0.1) is 0 Å². The highest BCUT2D eigenvalue weighted by Gasteiger charge is 2.29. The van der Waals surface area contributed by atoms with Crippen LogP contribution in [-0.4, -0.2) is 30.2 Å². The Morgan fingerprint density at radius 1 is 1.60 bits per heavy atom. The highest BCUT2D eigenvalue weighted by molar-refractivity contribution is 5.77. The Morgan fingerprint density at radius 3 is 2.60 bits per heavy atom. The van der Waals surface area contributed by atoms with Crippen molar-refractivity contribution >= 4 is 5.91 Å². The van der Waals surface area contributed by atoms with Crippen molar-refractivity contribution in [2.45, 2.75) is 25.9 Å². The standard InChI is InChI=1S/C7H13NO2/c1-7(2)4-6(9)8(3)5-10-7/h4-5H2,1-3H3. The molecular formula is C7H13NO2. The lowest BCUT2D eigenvalue weighted by Crippen LogP contribution is -2.44. The molecule has 1 saturated heterocycles. The predicted molar refractivity (Wildman–Crippen MR) is 37.4 cm³/mol. The van der Waals surface area contributed by atoms with E-state index in [1.165, 1.54) is 0 Å². The highest BCUT2D eigenvalue weighted by atomic mass is 16.5. The van der Waals surface area contributed by atoms with E-state index in [0.717, 1.165) is 0 Å². The molecule has 10 heavy (non-hydrogen) atoms. The molecule has 0 unspecified atom stereocenters. The van der Waals surface area contributed by atoms with E-state index in [-0.39, 0.29) is 11.5 Å². The molecule has 0 spiro atoms. The molecule has 0 aromatic heterocycles. The molecule has 0 aromatic carbocycles. The first-order valence-corrected chi connectivity index (χ1v) is 3.39. The first-order valence-electron chi connectivity index (χ1n) is 3.39. The maximum absolute atomic E-state index is 11.1. The largest absolute Gasteiger partial charge is 0.355 e. The summed E-state index contributed by atoms with van der Waals surface area (Å²) >= 11 is 0. The molecule has 1 amide bonds. The van der Waals surface area contributed by atoms with Crippen LogP contribution < -0.4 is 0 Å². The molecule has 0 bridgehead atoms. The lowest BCUT2D eigenvalue weighted by atomic mass is 10.0. The number of carbonyl (C=O) groups is 1. The van der Waals surface area contributed by atoms with Gasteiger partial charge in [-0.05, 0) is 13.8 Å². The molecule has 58 valence electrons. The zero-order chi connectivity index (χ0) is 7.78. The minimum absolute atomic E-state index is 0.163. The molecule has 0 radical (unpaired) electrons. The Kier molecular flexibility index (Phi) is 1.68. The predicted octanol–water partition coefficient (Wildman–Crippen LogP) is 0.601. The average Bonchev–Trinajstić information content (AvgIpc) is 1.79. The maximum atomic E-state index is 11.1. The van der Waals surface area contributed by atoms with Gasteiger partial charge in [0.15, 0.2) is 0 Å². The van der Waals surface area contributed by atoms with E-state index in [1.807, 2.05) is 13.8 Å². The van der Waals surface area contributed by atoms with E-state index in [0.29, 0.717) is 13.2 Å². The quantitative estimate of drug-likeness (QED) is 0.497. The van der Waals surface area contributed by atoms with E-state index in [2.05, 4.69) is 0 Å².